The minimum absolute atomic E-state index is 0.800. The van der Waals surface area contributed by atoms with Gasteiger partial charge in [0.2, 0.25) is 0 Å². The van der Waals surface area contributed by atoms with Crippen molar-refractivity contribution in [1.82, 2.24) is 10.2 Å². The molecule has 0 amide bonds. The van der Waals surface area contributed by atoms with Crippen LogP contribution in [0.25, 0.3) is 10.9 Å². The van der Waals surface area contributed by atoms with Crippen LogP contribution in [0, 0.1) is 0 Å². The highest BCUT2D eigenvalue weighted by atomic mass is 79.9. The van der Waals surface area contributed by atoms with Gasteiger partial charge in [0.05, 0.1) is 11.7 Å². The van der Waals surface area contributed by atoms with E-state index in [9.17, 15) is 0 Å². The standard InChI is InChI=1S/C15H15BrN4/c16-11-7-14(13-9-19-20-15(13)8-11)18-6-5-10-1-3-12(17)4-2-10/h1-4,7-9,18H,5-6,17H2,(H,19,20). The van der Waals surface area contributed by atoms with Gasteiger partial charge >= 0.3 is 0 Å². The summed E-state index contributed by atoms with van der Waals surface area (Å²) in [5.41, 5.74) is 9.86. The lowest BCUT2D eigenvalue weighted by Crippen LogP contribution is -2.05. The van der Waals surface area contributed by atoms with Crippen molar-refractivity contribution in [2.24, 2.45) is 0 Å². The van der Waals surface area contributed by atoms with Crippen LogP contribution >= 0.6 is 15.9 Å². The first-order valence-electron chi connectivity index (χ1n) is 6.43. The fourth-order valence-electron chi connectivity index (χ4n) is 2.19. The quantitative estimate of drug-likeness (QED) is 0.641. The molecule has 1 aromatic heterocycles. The molecule has 3 rings (SSSR count). The molecular formula is C15H15BrN4. The van der Waals surface area contributed by atoms with Crippen LogP contribution in [0.5, 0.6) is 0 Å². The molecule has 2 aromatic carbocycles. The van der Waals surface area contributed by atoms with Gasteiger partial charge in [-0.1, -0.05) is 28.1 Å². The number of hydrogen-bond acceptors (Lipinski definition) is 3. The summed E-state index contributed by atoms with van der Waals surface area (Å²) in [5.74, 6) is 0. The van der Waals surface area contributed by atoms with Crippen LogP contribution < -0.4 is 11.1 Å². The Morgan fingerprint density at radius 2 is 2.00 bits per heavy atom. The molecule has 0 bridgehead atoms. The van der Waals surface area contributed by atoms with Gasteiger partial charge in [0.15, 0.2) is 0 Å². The first-order valence-corrected chi connectivity index (χ1v) is 7.22. The molecule has 0 fully saturated rings. The highest BCUT2D eigenvalue weighted by Gasteiger charge is 2.04. The molecule has 4 N–H and O–H groups in total. The molecule has 0 spiro atoms. The van der Waals surface area contributed by atoms with E-state index >= 15 is 0 Å². The van der Waals surface area contributed by atoms with Gasteiger partial charge in [-0.05, 0) is 36.2 Å². The topological polar surface area (TPSA) is 66.7 Å². The molecule has 0 aliphatic carbocycles. The van der Waals surface area contributed by atoms with Crippen LogP contribution in [0.3, 0.4) is 0 Å². The molecule has 0 aliphatic rings. The van der Waals surface area contributed by atoms with Gasteiger partial charge in [-0.15, -0.1) is 0 Å². The molecule has 5 heteroatoms. The summed E-state index contributed by atoms with van der Waals surface area (Å²) in [5, 5.41) is 11.6. The third-order valence-electron chi connectivity index (χ3n) is 3.23. The maximum atomic E-state index is 5.68. The Bertz CT molecular complexity index is 718. The van der Waals surface area contributed by atoms with E-state index in [0.29, 0.717) is 0 Å². The Morgan fingerprint density at radius 1 is 1.20 bits per heavy atom. The Kier molecular flexibility index (Phi) is 3.60. The highest BCUT2D eigenvalue weighted by Crippen LogP contribution is 2.26. The number of nitrogens with zero attached hydrogens (tertiary/aromatic N) is 1. The Labute approximate surface area is 125 Å². The zero-order valence-electron chi connectivity index (χ0n) is 10.9. The summed E-state index contributed by atoms with van der Waals surface area (Å²) in [7, 11) is 0. The fourth-order valence-corrected chi connectivity index (χ4v) is 2.65. The van der Waals surface area contributed by atoms with Crippen molar-refractivity contribution >= 4 is 38.2 Å². The molecule has 3 aromatic rings. The summed E-state index contributed by atoms with van der Waals surface area (Å²) >= 11 is 3.51. The lowest BCUT2D eigenvalue weighted by molar-refractivity contribution is 1.02. The largest absolute Gasteiger partial charge is 0.399 e. The third-order valence-corrected chi connectivity index (χ3v) is 3.69. The van der Waals surface area contributed by atoms with Gasteiger partial charge in [-0.25, -0.2) is 0 Å². The van der Waals surface area contributed by atoms with Crippen LogP contribution in [-0.4, -0.2) is 16.7 Å². The van der Waals surface area contributed by atoms with Crippen molar-refractivity contribution in [3.63, 3.8) is 0 Å². The number of H-pyrrole nitrogens is 1. The first kappa shape index (κ1) is 13.0. The molecule has 1 heterocycles. The summed E-state index contributed by atoms with van der Waals surface area (Å²) in [6.45, 7) is 0.862. The maximum Gasteiger partial charge on any atom is 0.0682 e. The zero-order chi connectivity index (χ0) is 13.9. The Balaban J connectivity index is 1.70. The predicted octanol–water partition coefficient (Wildman–Crippen LogP) is 3.56. The Morgan fingerprint density at radius 3 is 2.80 bits per heavy atom. The third kappa shape index (κ3) is 2.77. The first-order chi connectivity index (χ1) is 9.72. The number of aromatic nitrogens is 2. The number of nitrogens with one attached hydrogen (secondary N) is 2. The number of nitrogens with two attached hydrogens (primary N) is 1. The molecule has 0 saturated heterocycles. The van der Waals surface area contributed by atoms with E-state index in [0.717, 1.165) is 39.7 Å². The summed E-state index contributed by atoms with van der Waals surface area (Å²) in [6, 6.07) is 12.1. The van der Waals surface area contributed by atoms with Gasteiger partial charge in [0.25, 0.3) is 0 Å². The fraction of sp³-hybridized carbons (Fsp3) is 0.133. The monoisotopic (exact) mass is 330 g/mol. The number of fused-ring (bicyclic) bond motifs is 1. The van der Waals surface area contributed by atoms with E-state index in [4.69, 9.17) is 5.73 Å². The van der Waals surface area contributed by atoms with Crippen LogP contribution in [0.4, 0.5) is 11.4 Å². The number of benzene rings is 2. The Hall–Kier alpha value is -2.01. The van der Waals surface area contributed by atoms with Crippen molar-refractivity contribution in [1.29, 1.82) is 0 Å². The molecular weight excluding hydrogens is 316 g/mol. The molecule has 0 atom stereocenters. The van der Waals surface area contributed by atoms with Crippen molar-refractivity contribution in [3.8, 4) is 0 Å². The van der Waals surface area contributed by atoms with Crippen LogP contribution in [0.2, 0.25) is 0 Å². The van der Waals surface area contributed by atoms with Gasteiger partial charge in [0, 0.05) is 27.8 Å². The van der Waals surface area contributed by atoms with E-state index in [2.05, 4.69) is 49.6 Å². The second-order valence-corrected chi connectivity index (χ2v) is 5.62. The maximum absolute atomic E-state index is 5.68. The van der Waals surface area contributed by atoms with Gasteiger partial charge < -0.3 is 11.1 Å². The van der Waals surface area contributed by atoms with Crippen molar-refractivity contribution in [2.75, 3.05) is 17.6 Å². The van der Waals surface area contributed by atoms with E-state index in [-0.39, 0.29) is 0 Å². The molecule has 0 radical (unpaired) electrons. The second kappa shape index (κ2) is 5.54. The molecule has 4 nitrogen and oxygen atoms in total. The smallest absolute Gasteiger partial charge is 0.0682 e. The van der Waals surface area contributed by atoms with E-state index in [1.165, 1.54) is 5.56 Å². The lowest BCUT2D eigenvalue weighted by Gasteiger charge is -2.08. The predicted molar refractivity (Wildman–Crippen MR) is 86.8 cm³/mol. The van der Waals surface area contributed by atoms with E-state index in [1.54, 1.807) is 0 Å². The molecule has 0 aliphatic heterocycles. The number of aromatic amines is 1. The SMILES string of the molecule is Nc1ccc(CCNc2cc(Br)cc3[nH]ncc23)cc1. The normalized spacial score (nSPS) is 10.8. The molecule has 20 heavy (non-hydrogen) atoms. The van der Waals surface area contributed by atoms with Crippen molar-refractivity contribution in [2.45, 2.75) is 6.42 Å². The van der Waals surface area contributed by atoms with Gasteiger partial charge in [0.1, 0.15) is 0 Å². The summed E-state index contributed by atoms with van der Waals surface area (Å²) in [6.07, 6.45) is 2.79. The number of anilines is 2. The van der Waals surface area contributed by atoms with Crippen LogP contribution in [-0.2, 0) is 6.42 Å². The summed E-state index contributed by atoms with van der Waals surface area (Å²) in [4.78, 5) is 0. The minimum Gasteiger partial charge on any atom is -0.399 e. The van der Waals surface area contributed by atoms with E-state index in [1.807, 2.05) is 24.4 Å². The summed E-state index contributed by atoms with van der Waals surface area (Å²) < 4.78 is 1.03. The highest BCUT2D eigenvalue weighted by molar-refractivity contribution is 9.10. The number of nitrogen functional groups attached to an aromatic ring is 1. The van der Waals surface area contributed by atoms with Crippen LogP contribution in [0.1, 0.15) is 5.56 Å². The van der Waals surface area contributed by atoms with Crippen molar-refractivity contribution < 1.29 is 0 Å². The second-order valence-electron chi connectivity index (χ2n) is 4.70. The van der Waals surface area contributed by atoms with Crippen LogP contribution in [0.15, 0.2) is 47.1 Å². The zero-order valence-corrected chi connectivity index (χ0v) is 12.4. The number of rotatable bonds is 4. The van der Waals surface area contributed by atoms with Gasteiger partial charge in [-0.3, -0.25) is 5.10 Å². The average Bonchev–Trinajstić information content (AvgIpc) is 2.89. The molecule has 0 unspecified atom stereocenters. The lowest BCUT2D eigenvalue weighted by atomic mass is 10.1. The average molecular weight is 331 g/mol. The number of halogens is 1. The van der Waals surface area contributed by atoms with E-state index < -0.39 is 0 Å². The number of hydrogen-bond donors (Lipinski definition) is 3. The van der Waals surface area contributed by atoms with Crippen molar-refractivity contribution in [3.05, 3.63) is 52.6 Å². The molecule has 102 valence electrons. The van der Waals surface area contributed by atoms with Gasteiger partial charge in [-0.2, -0.15) is 5.10 Å². The minimum atomic E-state index is 0.800. The molecule has 0 saturated carbocycles.